The van der Waals surface area contributed by atoms with Crippen molar-refractivity contribution in [2.45, 2.75) is 45.2 Å². The molecule has 148 valence electrons. The van der Waals surface area contributed by atoms with Crippen molar-refractivity contribution in [1.82, 2.24) is 25.3 Å². The highest BCUT2D eigenvalue weighted by Gasteiger charge is 2.18. The minimum atomic E-state index is -0.329. The lowest BCUT2D eigenvalue weighted by Gasteiger charge is -2.16. The van der Waals surface area contributed by atoms with Gasteiger partial charge < -0.3 is 4.74 Å². The second kappa shape index (κ2) is 8.14. The van der Waals surface area contributed by atoms with Crippen LogP contribution < -0.4 is 4.74 Å². The Kier molecular flexibility index (Phi) is 5.43. The lowest BCUT2D eigenvalue weighted by molar-refractivity contribution is 0.314. The van der Waals surface area contributed by atoms with Crippen molar-refractivity contribution in [3.63, 3.8) is 0 Å². The van der Waals surface area contributed by atoms with Crippen LogP contribution in [0, 0.1) is 5.82 Å². The maximum absolute atomic E-state index is 14.5. The average molecular weight is 383 g/mol. The zero-order chi connectivity index (χ0) is 19.5. The van der Waals surface area contributed by atoms with Gasteiger partial charge >= 0.3 is 0 Å². The van der Waals surface area contributed by atoms with Gasteiger partial charge in [0, 0.05) is 36.0 Å². The molecule has 0 unspecified atom stereocenters. The molecule has 0 fully saturated rings. The number of H-pyrrole nitrogens is 2. The van der Waals surface area contributed by atoms with E-state index in [1.165, 1.54) is 43.7 Å². The Morgan fingerprint density at radius 1 is 1.14 bits per heavy atom. The Bertz CT molecular complexity index is 948. The molecule has 1 aliphatic carbocycles. The molecule has 1 aliphatic rings. The Balaban J connectivity index is 1.50. The van der Waals surface area contributed by atoms with Crippen LogP contribution in [0.25, 0.3) is 11.3 Å². The zero-order valence-corrected chi connectivity index (χ0v) is 16.4. The summed E-state index contributed by atoms with van der Waals surface area (Å²) in [7, 11) is 3.58. The first kappa shape index (κ1) is 18.7. The molecule has 0 saturated carbocycles. The molecule has 0 aliphatic heterocycles. The van der Waals surface area contributed by atoms with Crippen molar-refractivity contribution in [2.24, 2.45) is 0 Å². The fourth-order valence-corrected chi connectivity index (χ4v) is 3.95. The van der Waals surface area contributed by atoms with Crippen molar-refractivity contribution in [3.8, 4) is 17.0 Å². The normalized spacial score (nSPS) is 14.1. The van der Waals surface area contributed by atoms with Gasteiger partial charge in [-0.25, -0.2) is 4.39 Å². The van der Waals surface area contributed by atoms with E-state index in [-0.39, 0.29) is 5.82 Å². The number of methoxy groups -OCH3 is 1. The molecule has 2 heterocycles. The van der Waals surface area contributed by atoms with Gasteiger partial charge in [-0.1, -0.05) is 6.42 Å². The smallest absolute Gasteiger partial charge is 0.136 e. The minimum absolute atomic E-state index is 0.329. The number of halogens is 1. The lowest BCUT2D eigenvalue weighted by Crippen LogP contribution is -2.18. The molecule has 4 rings (SSSR count). The number of benzene rings is 1. The highest BCUT2D eigenvalue weighted by atomic mass is 19.1. The molecule has 0 amide bonds. The molecule has 0 bridgehead atoms. The maximum atomic E-state index is 14.5. The van der Waals surface area contributed by atoms with Crippen LogP contribution in [0.3, 0.4) is 0 Å². The lowest BCUT2D eigenvalue weighted by atomic mass is 10.1. The number of rotatable bonds is 6. The number of aryl methyl sites for hydroxylation is 1. The van der Waals surface area contributed by atoms with Gasteiger partial charge in [0.2, 0.25) is 0 Å². The van der Waals surface area contributed by atoms with Crippen LogP contribution in [0.4, 0.5) is 4.39 Å². The van der Waals surface area contributed by atoms with Gasteiger partial charge in [-0.05, 0) is 50.4 Å². The molecule has 28 heavy (non-hydrogen) atoms. The second-order valence-electron chi connectivity index (χ2n) is 7.48. The molecule has 3 aromatic rings. The Hall–Kier alpha value is -2.67. The predicted octanol–water partition coefficient (Wildman–Crippen LogP) is 3.85. The van der Waals surface area contributed by atoms with E-state index in [2.05, 4.69) is 32.3 Å². The first-order chi connectivity index (χ1) is 13.7. The number of aromatic nitrogens is 4. The van der Waals surface area contributed by atoms with Crippen LogP contribution in [-0.2, 0) is 25.9 Å². The van der Waals surface area contributed by atoms with E-state index in [0.29, 0.717) is 23.6 Å². The summed E-state index contributed by atoms with van der Waals surface area (Å²) >= 11 is 0. The number of ether oxygens (including phenoxy) is 1. The zero-order valence-electron chi connectivity index (χ0n) is 16.4. The van der Waals surface area contributed by atoms with E-state index < -0.39 is 0 Å². The van der Waals surface area contributed by atoms with Gasteiger partial charge in [-0.2, -0.15) is 10.2 Å². The highest BCUT2D eigenvalue weighted by molar-refractivity contribution is 5.64. The molecule has 0 atom stereocenters. The Morgan fingerprint density at radius 2 is 2.00 bits per heavy atom. The molecule has 0 saturated heterocycles. The molecule has 0 radical (unpaired) electrons. The van der Waals surface area contributed by atoms with Crippen LogP contribution in [0.15, 0.2) is 24.4 Å². The fraction of sp³-hybridized carbons (Fsp3) is 0.429. The van der Waals surface area contributed by atoms with Crippen molar-refractivity contribution in [2.75, 3.05) is 14.2 Å². The highest BCUT2D eigenvalue weighted by Crippen LogP contribution is 2.28. The van der Waals surface area contributed by atoms with Crippen LogP contribution in [-0.4, -0.2) is 39.5 Å². The largest absolute Gasteiger partial charge is 0.497 e. The summed E-state index contributed by atoms with van der Waals surface area (Å²) in [4.78, 5) is 2.19. The molecule has 2 N–H and O–H groups in total. The topological polar surface area (TPSA) is 69.8 Å². The van der Waals surface area contributed by atoms with Crippen LogP contribution in [0.1, 0.15) is 41.8 Å². The first-order valence-electron chi connectivity index (χ1n) is 9.75. The summed E-state index contributed by atoms with van der Waals surface area (Å²) in [5.41, 5.74) is 5.96. The Labute approximate surface area is 164 Å². The van der Waals surface area contributed by atoms with E-state index in [0.717, 1.165) is 30.6 Å². The quantitative estimate of drug-likeness (QED) is 0.635. The van der Waals surface area contributed by atoms with Gasteiger partial charge in [0.05, 0.1) is 24.7 Å². The van der Waals surface area contributed by atoms with E-state index in [1.54, 1.807) is 18.3 Å². The van der Waals surface area contributed by atoms with Crippen molar-refractivity contribution in [3.05, 3.63) is 52.7 Å². The van der Waals surface area contributed by atoms with E-state index in [1.807, 2.05) is 0 Å². The predicted molar refractivity (Wildman–Crippen MR) is 106 cm³/mol. The standard InChI is InChI=1S/C21H26FN5O/c1-27(13-20-17-6-4-3-5-7-19(17)24-25-20)12-14-11-23-26-21(14)16-9-8-15(28-2)10-18(16)22/h8-11H,3-7,12-13H2,1-2H3,(H,23,26)(H,24,25). The van der Waals surface area contributed by atoms with Crippen LogP contribution >= 0.6 is 0 Å². The second-order valence-corrected chi connectivity index (χ2v) is 7.48. The summed E-state index contributed by atoms with van der Waals surface area (Å²) in [6.45, 7) is 1.40. The third-order valence-electron chi connectivity index (χ3n) is 5.42. The van der Waals surface area contributed by atoms with Gasteiger partial charge in [-0.15, -0.1) is 0 Å². The summed E-state index contributed by atoms with van der Waals surface area (Å²) in [6.07, 6.45) is 7.70. The Morgan fingerprint density at radius 3 is 2.82 bits per heavy atom. The van der Waals surface area contributed by atoms with Gasteiger partial charge in [0.15, 0.2) is 0 Å². The molecule has 2 aromatic heterocycles. The third-order valence-corrected chi connectivity index (χ3v) is 5.42. The average Bonchev–Trinajstić information content (AvgIpc) is 3.21. The number of nitrogens with zero attached hydrogens (tertiary/aromatic N) is 3. The number of fused-ring (bicyclic) bond motifs is 1. The molecule has 6 nitrogen and oxygen atoms in total. The van der Waals surface area contributed by atoms with Crippen LogP contribution in [0.5, 0.6) is 5.75 Å². The maximum Gasteiger partial charge on any atom is 0.136 e. The van der Waals surface area contributed by atoms with E-state index >= 15 is 0 Å². The van der Waals surface area contributed by atoms with E-state index in [9.17, 15) is 4.39 Å². The summed E-state index contributed by atoms with van der Waals surface area (Å²) in [5.74, 6) is 0.170. The number of hydrogen-bond acceptors (Lipinski definition) is 4. The minimum Gasteiger partial charge on any atom is -0.497 e. The molecule has 0 spiro atoms. The van der Waals surface area contributed by atoms with Crippen LogP contribution in [0.2, 0.25) is 0 Å². The third kappa shape index (κ3) is 3.80. The number of aromatic amines is 2. The fourth-order valence-electron chi connectivity index (χ4n) is 3.95. The molecular formula is C21H26FN5O. The van der Waals surface area contributed by atoms with Crippen molar-refractivity contribution in [1.29, 1.82) is 0 Å². The monoisotopic (exact) mass is 383 g/mol. The van der Waals surface area contributed by atoms with Gasteiger partial charge in [0.25, 0.3) is 0 Å². The first-order valence-corrected chi connectivity index (χ1v) is 9.75. The molecule has 7 heteroatoms. The number of nitrogens with one attached hydrogen (secondary N) is 2. The summed E-state index contributed by atoms with van der Waals surface area (Å²) in [5, 5.41) is 14.9. The van der Waals surface area contributed by atoms with Crippen molar-refractivity contribution >= 4 is 0 Å². The van der Waals surface area contributed by atoms with Crippen molar-refractivity contribution < 1.29 is 9.13 Å². The SMILES string of the molecule is COc1ccc(-c2[nH]ncc2CN(C)Cc2n[nH]c3c2CCCCC3)c(F)c1. The van der Waals surface area contributed by atoms with Gasteiger partial charge in [-0.3, -0.25) is 15.1 Å². The summed E-state index contributed by atoms with van der Waals surface area (Å²) < 4.78 is 19.6. The van der Waals surface area contributed by atoms with E-state index in [4.69, 9.17) is 4.74 Å². The summed E-state index contributed by atoms with van der Waals surface area (Å²) in [6, 6.07) is 4.87. The molecule has 1 aromatic carbocycles. The number of hydrogen-bond donors (Lipinski definition) is 2. The van der Waals surface area contributed by atoms with Gasteiger partial charge in [0.1, 0.15) is 11.6 Å². The molecular weight excluding hydrogens is 357 g/mol.